The first-order chi connectivity index (χ1) is 12.8. The van der Waals surface area contributed by atoms with E-state index in [1.807, 2.05) is 35.7 Å². The molecule has 4 nitrogen and oxygen atoms in total. The number of hydrogen-bond acceptors (Lipinski definition) is 5. The highest BCUT2D eigenvalue weighted by molar-refractivity contribution is 7.11. The minimum Gasteiger partial charge on any atom is -0.371 e. The number of hydrogen-bond donors (Lipinski definition) is 0. The van der Waals surface area contributed by atoms with Gasteiger partial charge in [0.2, 0.25) is 0 Å². The Kier molecular flexibility index (Phi) is 6.33. The highest BCUT2D eigenvalue weighted by atomic mass is 32.1. The quantitative estimate of drug-likeness (QED) is 0.738. The van der Waals surface area contributed by atoms with E-state index in [9.17, 15) is 0 Å². The predicted octanol–water partition coefficient (Wildman–Crippen LogP) is 3.92. The molecule has 2 saturated heterocycles. The number of thiophene rings is 1. The van der Waals surface area contributed by atoms with Gasteiger partial charge in [0.15, 0.2) is 0 Å². The van der Waals surface area contributed by atoms with Crippen molar-refractivity contribution in [2.75, 3.05) is 26.2 Å². The molecule has 2 fully saturated rings. The lowest BCUT2D eigenvalue weighted by atomic mass is 10.1. The fourth-order valence-electron chi connectivity index (χ4n) is 3.95. The molecule has 1 atom stereocenters. The highest BCUT2D eigenvalue weighted by Gasteiger charge is 2.21. The van der Waals surface area contributed by atoms with E-state index in [1.165, 1.54) is 48.7 Å². The topological polar surface area (TPSA) is 28.6 Å². The molecule has 0 aromatic carbocycles. The molecule has 0 amide bonds. The molecule has 2 aromatic rings. The van der Waals surface area contributed by atoms with E-state index in [2.05, 4.69) is 26.9 Å². The highest BCUT2D eigenvalue weighted by Crippen LogP contribution is 2.24. The third-order valence-corrected chi connectivity index (χ3v) is 6.38. The Balaban J connectivity index is 1.24. The van der Waals surface area contributed by atoms with Gasteiger partial charge in [-0.1, -0.05) is 6.07 Å². The molecule has 0 N–H and O–H groups in total. The van der Waals surface area contributed by atoms with Gasteiger partial charge in [0.05, 0.1) is 18.4 Å². The maximum atomic E-state index is 6.12. The van der Waals surface area contributed by atoms with E-state index < -0.39 is 0 Å². The molecule has 0 radical (unpaired) electrons. The summed E-state index contributed by atoms with van der Waals surface area (Å²) in [7, 11) is 0. The molecule has 0 bridgehead atoms. The molecule has 140 valence electrons. The summed E-state index contributed by atoms with van der Waals surface area (Å²) in [5.74, 6) is 0. The van der Waals surface area contributed by atoms with Crippen molar-refractivity contribution in [3.8, 4) is 0 Å². The number of likely N-dealkylation sites (tertiary alicyclic amines) is 2. The van der Waals surface area contributed by atoms with E-state index >= 15 is 0 Å². The summed E-state index contributed by atoms with van der Waals surface area (Å²) >= 11 is 1.99. The number of rotatable bonds is 7. The van der Waals surface area contributed by atoms with Crippen LogP contribution in [0.2, 0.25) is 0 Å². The SMILES string of the molecule is c1ccc(COC2CCCN(Cc3ccc(CN4CCCC4)s3)C2)nc1. The maximum absolute atomic E-state index is 6.12. The first-order valence-corrected chi connectivity index (χ1v) is 10.7. The predicted molar refractivity (Wildman–Crippen MR) is 106 cm³/mol. The minimum absolute atomic E-state index is 0.329. The second-order valence-corrected chi connectivity index (χ2v) is 8.74. The monoisotopic (exact) mass is 371 g/mol. The molecular weight excluding hydrogens is 342 g/mol. The molecule has 4 rings (SSSR count). The van der Waals surface area contributed by atoms with Crippen molar-refractivity contribution in [3.63, 3.8) is 0 Å². The zero-order valence-corrected chi connectivity index (χ0v) is 16.3. The van der Waals surface area contributed by atoms with Gasteiger partial charge in [0, 0.05) is 35.6 Å². The van der Waals surface area contributed by atoms with Crippen LogP contribution in [0.4, 0.5) is 0 Å². The Morgan fingerprint density at radius 2 is 1.73 bits per heavy atom. The van der Waals surface area contributed by atoms with E-state index in [4.69, 9.17) is 4.74 Å². The van der Waals surface area contributed by atoms with Crippen molar-refractivity contribution in [3.05, 3.63) is 52.0 Å². The Labute approximate surface area is 160 Å². The normalized spacial score (nSPS) is 22.1. The van der Waals surface area contributed by atoms with Crippen LogP contribution in [0.25, 0.3) is 0 Å². The van der Waals surface area contributed by atoms with Crippen molar-refractivity contribution in [2.45, 2.75) is 51.5 Å². The Hall–Kier alpha value is -1.27. The van der Waals surface area contributed by atoms with Crippen LogP contribution in [0, 0.1) is 0 Å². The first kappa shape index (κ1) is 18.1. The molecule has 0 spiro atoms. The molecule has 2 aliphatic rings. The largest absolute Gasteiger partial charge is 0.371 e. The molecule has 5 heteroatoms. The van der Waals surface area contributed by atoms with Crippen LogP contribution in [-0.2, 0) is 24.4 Å². The van der Waals surface area contributed by atoms with E-state index in [1.54, 1.807) is 0 Å². The molecule has 1 unspecified atom stereocenters. The molecule has 26 heavy (non-hydrogen) atoms. The van der Waals surface area contributed by atoms with Crippen LogP contribution in [0.1, 0.15) is 41.1 Å². The van der Waals surface area contributed by atoms with Gasteiger partial charge < -0.3 is 4.74 Å². The van der Waals surface area contributed by atoms with Gasteiger partial charge in [-0.25, -0.2) is 0 Å². The third-order valence-electron chi connectivity index (χ3n) is 5.33. The average molecular weight is 372 g/mol. The average Bonchev–Trinajstić information content (AvgIpc) is 3.34. The summed E-state index contributed by atoms with van der Waals surface area (Å²) in [6.07, 6.45) is 7.28. The smallest absolute Gasteiger partial charge is 0.0892 e. The lowest BCUT2D eigenvalue weighted by Crippen LogP contribution is -2.39. The van der Waals surface area contributed by atoms with Gasteiger partial charge in [-0.2, -0.15) is 0 Å². The number of aromatic nitrogens is 1. The third kappa shape index (κ3) is 5.13. The lowest BCUT2D eigenvalue weighted by Gasteiger charge is -2.32. The number of pyridine rings is 1. The summed E-state index contributed by atoms with van der Waals surface area (Å²) in [4.78, 5) is 12.5. The summed E-state index contributed by atoms with van der Waals surface area (Å²) < 4.78 is 6.12. The van der Waals surface area contributed by atoms with Crippen LogP contribution in [0.5, 0.6) is 0 Å². The van der Waals surface area contributed by atoms with Gasteiger partial charge in [0.1, 0.15) is 0 Å². The zero-order chi connectivity index (χ0) is 17.6. The Morgan fingerprint density at radius 1 is 0.962 bits per heavy atom. The first-order valence-electron chi connectivity index (χ1n) is 9.89. The van der Waals surface area contributed by atoms with Gasteiger partial charge in [-0.15, -0.1) is 11.3 Å². The van der Waals surface area contributed by atoms with E-state index in [0.717, 1.165) is 31.7 Å². The van der Waals surface area contributed by atoms with Crippen molar-refractivity contribution >= 4 is 11.3 Å². The standard InChI is InChI=1S/C21H29N3OS/c1-2-10-22-18(6-1)17-25-19-7-5-13-24(14-19)16-21-9-8-20(26-21)15-23-11-3-4-12-23/h1-2,6,8-10,19H,3-5,7,11-17H2. The molecule has 2 aliphatic heterocycles. The van der Waals surface area contributed by atoms with Crippen molar-refractivity contribution in [1.29, 1.82) is 0 Å². The van der Waals surface area contributed by atoms with Gasteiger partial charge in [-0.05, 0) is 69.6 Å². The lowest BCUT2D eigenvalue weighted by molar-refractivity contribution is -0.0130. The fourth-order valence-corrected chi connectivity index (χ4v) is 5.06. The second-order valence-electron chi connectivity index (χ2n) is 7.48. The Morgan fingerprint density at radius 3 is 2.50 bits per heavy atom. The van der Waals surface area contributed by atoms with Crippen LogP contribution in [0.3, 0.4) is 0 Å². The van der Waals surface area contributed by atoms with Crippen LogP contribution in [0.15, 0.2) is 36.5 Å². The molecule has 0 aliphatic carbocycles. The fraction of sp³-hybridized carbons (Fsp3) is 0.571. The summed E-state index contributed by atoms with van der Waals surface area (Å²) in [6.45, 7) is 7.59. The Bertz CT molecular complexity index is 669. The van der Waals surface area contributed by atoms with E-state index in [0.29, 0.717) is 12.7 Å². The minimum atomic E-state index is 0.329. The van der Waals surface area contributed by atoms with Crippen LogP contribution in [-0.4, -0.2) is 47.1 Å². The van der Waals surface area contributed by atoms with Crippen LogP contribution >= 0.6 is 11.3 Å². The summed E-state index contributed by atoms with van der Waals surface area (Å²) in [5.41, 5.74) is 1.02. The van der Waals surface area contributed by atoms with Gasteiger partial charge >= 0.3 is 0 Å². The number of nitrogens with zero attached hydrogens (tertiary/aromatic N) is 3. The number of piperidine rings is 1. The van der Waals surface area contributed by atoms with Gasteiger partial charge in [0.25, 0.3) is 0 Å². The second kappa shape index (κ2) is 9.09. The van der Waals surface area contributed by atoms with Crippen molar-refractivity contribution in [1.82, 2.24) is 14.8 Å². The van der Waals surface area contributed by atoms with Crippen molar-refractivity contribution < 1.29 is 4.74 Å². The molecular formula is C21H29N3OS. The zero-order valence-electron chi connectivity index (χ0n) is 15.5. The number of ether oxygens (including phenoxy) is 1. The van der Waals surface area contributed by atoms with Crippen molar-refractivity contribution in [2.24, 2.45) is 0 Å². The molecule has 0 saturated carbocycles. The maximum Gasteiger partial charge on any atom is 0.0892 e. The summed E-state index contributed by atoms with van der Waals surface area (Å²) in [6, 6.07) is 10.7. The van der Waals surface area contributed by atoms with E-state index in [-0.39, 0.29) is 0 Å². The molecule has 2 aromatic heterocycles. The van der Waals surface area contributed by atoms with Crippen LogP contribution < -0.4 is 0 Å². The summed E-state index contributed by atoms with van der Waals surface area (Å²) in [5, 5.41) is 0. The molecule has 4 heterocycles. The van der Waals surface area contributed by atoms with Gasteiger partial charge in [-0.3, -0.25) is 14.8 Å².